The van der Waals surface area contributed by atoms with Crippen molar-refractivity contribution in [2.24, 2.45) is 0 Å². The molecule has 0 bridgehead atoms. The monoisotopic (exact) mass is 241 g/mol. The third-order valence-electron chi connectivity index (χ3n) is 2.65. The molecule has 0 fully saturated rings. The number of hydrogen-bond acceptors (Lipinski definition) is 3. The van der Waals surface area contributed by atoms with Crippen molar-refractivity contribution < 1.29 is 0 Å². The van der Waals surface area contributed by atoms with E-state index in [9.17, 15) is 0 Å². The van der Waals surface area contributed by atoms with Crippen LogP contribution in [0.4, 0.5) is 0 Å². The van der Waals surface area contributed by atoms with E-state index in [4.69, 9.17) is 0 Å². The highest BCUT2D eigenvalue weighted by atomic mass is 32.2. The molecule has 2 heterocycles. The van der Waals surface area contributed by atoms with Gasteiger partial charge in [0, 0.05) is 18.0 Å². The van der Waals surface area contributed by atoms with Crippen molar-refractivity contribution >= 4 is 22.8 Å². The fourth-order valence-electron chi connectivity index (χ4n) is 1.79. The SMILES string of the molecule is CSc1nc2cc(-c3cccnc3)ccc2[nH]1. The summed E-state index contributed by atoms with van der Waals surface area (Å²) in [6, 6.07) is 10.2. The molecule has 3 nitrogen and oxygen atoms in total. The Labute approximate surface area is 103 Å². The number of aromatic amines is 1. The lowest BCUT2D eigenvalue weighted by atomic mass is 10.1. The van der Waals surface area contributed by atoms with Crippen molar-refractivity contribution in [3.05, 3.63) is 42.7 Å². The minimum absolute atomic E-state index is 0.948. The lowest BCUT2D eigenvalue weighted by Crippen LogP contribution is -1.79. The van der Waals surface area contributed by atoms with Gasteiger partial charge in [0.2, 0.25) is 0 Å². The van der Waals surface area contributed by atoms with Crippen LogP contribution in [0.2, 0.25) is 0 Å². The van der Waals surface area contributed by atoms with Crippen LogP contribution in [0.5, 0.6) is 0 Å². The Bertz CT molecular complexity index is 646. The molecule has 17 heavy (non-hydrogen) atoms. The Morgan fingerprint density at radius 1 is 1.18 bits per heavy atom. The van der Waals surface area contributed by atoms with Crippen molar-refractivity contribution in [1.82, 2.24) is 15.0 Å². The highest BCUT2D eigenvalue weighted by molar-refractivity contribution is 7.98. The number of imidazole rings is 1. The highest BCUT2D eigenvalue weighted by Gasteiger charge is 2.04. The highest BCUT2D eigenvalue weighted by Crippen LogP contribution is 2.24. The quantitative estimate of drug-likeness (QED) is 0.699. The number of nitrogens with one attached hydrogen (secondary N) is 1. The van der Waals surface area contributed by atoms with Gasteiger partial charge in [-0.2, -0.15) is 0 Å². The van der Waals surface area contributed by atoms with Gasteiger partial charge >= 0.3 is 0 Å². The molecule has 0 radical (unpaired) electrons. The fraction of sp³-hybridized carbons (Fsp3) is 0.0769. The maximum atomic E-state index is 4.50. The van der Waals surface area contributed by atoms with Gasteiger partial charge in [0.15, 0.2) is 5.16 Å². The zero-order chi connectivity index (χ0) is 11.7. The summed E-state index contributed by atoms with van der Waals surface area (Å²) in [5.41, 5.74) is 4.32. The number of rotatable bonds is 2. The summed E-state index contributed by atoms with van der Waals surface area (Å²) >= 11 is 1.62. The van der Waals surface area contributed by atoms with Gasteiger partial charge in [-0.1, -0.05) is 23.9 Å². The molecule has 1 N–H and O–H groups in total. The number of H-pyrrole nitrogens is 1. The summed E-state index contributed by atoms with van der Waals surface area (Å²) in [5, 5.41) is 0.948. The molecule has 0 saturated heterocycles. The van der Waals surface area contributed by atoms with Gasteiger partial charge in [0.25, 0.3) is 0 Å². The van der Waals surface area contributed by atoms with E-state index in [1.807, 2.05) is 18.5 Å². The van der Waals surface area contributed by atoms with Crippen LogP contribution in [0.15, 0.2) is 47.9 Å². The lowest BCUT2D eigenvalue weighted by molar-refractivity contribution is 1.09. The fourth-order valence-corrected chi connectivity index (χ4v) is 2.19. The molecule has 0 aliphatic carbocycles. The van der Waals surface area contributed by atoms with Crippen LogP contribution in [-0.4, -0.2) is 21.2 Å². The molecule has 0 amide bonds. The van der Waals surface area contributed by atoms with Crippen molar-refractivity contribution in [2.45, 2.75) is 5.16 Å². The maximum Gasteiger partial charge on any atom is 0.166 e. The summed E-state index contributed by atoms with van der Waals surface area (Å²) in [7, 11) is 0. The lowest BCUT2D eigenvalue weighted by Gasteiger charge is -1.99. The van der Waals surface area contributed by atoms with E-state index in [2.05, 4.69) is 39.2 Å². The number of pyridine rings is 1. The zero-order valence-corrected chi connectivity index (χ0v) is 10.2. The van der Waals surface area contributed by atoms with E-state index in [1.54, 1.807) is 18.0 Å². The molecule has 0 aliphatic heterocycles. The first-order valence-corrected chi connectivity index (χ1v) is 6.53. The van der Waals surface area contributed by atoms with Crippen molar-refractivity contribution in [2.75, 3.05) is 6.26 Å². The summed E-state index contributed by atoms with van der Waals surface area (Å²) in [4.78, 5) is 11.9. The molecule has 2 aromatic heterocycles. The Morgan fingerprint density at radius 2 is 2.12 bits per heavy atom. The predicted molar refractivity (Wildman–Crippen MR) is 71.1 cm³/mol. The standard InChI is InChI=1S/C13H11N3S/c1-17-13-15-11-5-4-9(7-12(11)16-13)10-3-2-6-14-8-10/h2-8H,1H3,(H,15,16). The number of thioether (sulfide) groups is 1. The van der Waals surface area contributed by atoms with Crippen LogP contribution in [0.3, 0.4) is 0 Å². The van der Waals surface area contributed by atoms with Gasteiger partial charge in [0.05, 0.1) is 11.0 Å². The van der Waals surface area contributed by atoms with Crippen LogP contribution in [0, 0.1) is 0 Å². The Morgan fingerprint density at radius 3 is 2.88 bits per heavy atom. The first kappa shape index (κ1) is 10.4. The van der Waals surface area contributed by atoms with E-state index < -0.39 is 0 Å². The van der Waals surface area contributed by atoms with Gasteiger partial charge in [-0.05, 0) is 30.0 Å². The van der Waals surface area contributed by atoms with Crippen molar-refractivity contribution in [3.8, 4) is 11.1 Å². The van der Waals surface area contributed by atoms with Gasteiger partial charge < -0.3 is 4.98 Å². The molecule has 0 aliphatic rings. The Balaban J connectivity index is 2.13. The average Bonchev–Trinajstić information content (AvgIpc) is 2.81. The molecule has 4 heteroatoms. The van der Waals surface area contributed by atoms with E-state index in [0.29, 0.717) is 0 Å². The predicted octanol–water partition coefficient (Wildman–Crippen LogP) is 3.35. The van der Waals surface area contributed by atoms with Crippen LogP contribution in [-0.2, 0) is 0 Å². The number of benzene rings is 1. The number of aromatic nitrogens is 3. The van der Waals surface area contributed by atoms with Gasteiger partial charge in [-0.15, -0.1) is 0 Å². The topological polar surface area (TPSA) is 41.6 Å². The Kier molecular flexibility index (Phi) is 2.57. The summed E-state index contributed by atoms with van der Waals surface area (Å²) < 4.78 is 0. The van der Waals surface area contributed by atoms with E-state index >= 15 is 0 Å². The molecule has 0 unspecified atom stereocenters. The molecule has 3 aromatic rings. The van der Waals surface area contributed by atoms with Crippen LogP contribution in [0.25, 0.3) is 22.2 Å². The summed E-state index contributed by atoms with van der Waals surface area (Å²) in [5.74, 6) is 0. The second-order valence-electron chi connectivity index (χ2n) is 3.72. The molecular weight excluding hydrogens is 230 g/mol. The molecule has 0 saturated carbocycles. The zero-order valence-electron chi connectivity index (χ0n) is 9.34. The Hall–Kier alpha value is -1.81. The van der Waals surface area contributed by atoms with Gasteiger partial charge in [-0.25, -0.2) is 4.98 Å². The van der Waals surface area contributed by atoms with Crippen LogP contribution < -0.4 is 0 Å². The van der Waals surface area contributed by atoms with E-state index in [0.717, 1.165) is 27.3 Å². The summed E-state index contributed by atoms with van der Waals surface area (Å²) in [6.07, 6.45) is 5.66. The number of fused-ring (bicyclic) bond motifs is 1. The van der Waals surface area contributed by atoms with E-state index in [-0.39, 0.29) is 0 Å². The maximum absolute atomic E-state index is 4.50. The van der Waals surface area contributed by atoms with Gasteiger partial charge in [0.1, 0.15) is 0 Å². The summed E-state index contributed by atoms with van der Waals surface area (Å²) in [6.45, 7) is 0. The third-order valence-corrected chi connectivity index (χ3v) is 3.23. The molecule has 0 atom stereocenters. The first-order valence-electron chi connectivity index (χ1n) is 5.31. The van der Waals surface area contributed by atoms with E-state index in [1.165, 1.54) is 0 Å². The largest absolute Gasteiger partial charge is 0.333 e. The van der Waals surface area contributed by atoms with Crippen LogP contribution in [0.1, 0.15) is 0 Å². The second-order valence-corrected chi connectivity index (χ2v) is 4.51. The molecule has 0 spiro atoms. The number of hydrogen-bond donors (Lipinski definition) is 1. The molecule has 1 aromatic carbocycles. The molecule has 3 rings (SSSR count). The van der Waals surface area contributed by atoms with Crippen molar-refractivity contribution in [1.29, 1.82) is 0 Å². The average molecular weight is 241 g/mol. The third kappa shape index (κ3) is 1.91. The smallest absolute Gasteiger partial charge is 0.166 e. The molecule has 84 valence electrons. The normalized spacial score (nSPS) is 10.9. The van der Waals surface area contributed by atoms with Gasteiger partial charge in [-0.3, -0.25) is 4.98 Å². The first-order chi connectivity index (χ1) is 8.36. The number of nitrogens with zero attached hydrogens (tertiary/aromatic N) is 2. The molecular formula is C13H11N3S. The minimum Gasteiger partial charge on any atom is -0.333 e. The minimum atomic E-state index is 0.948. The van der Waals surface area contributed by atoms with Crippen LogP contribution >= 0.6 is 11.8 Å². The second kappa shape index (κ2) is 4.22. The van der Waals surface area contributed by atoms with Crippen molar-refractivity contribution in [3.63, 3.8) is 0 Å².